The Morgan fingerprint density at radius 2 is 1.94 bits per heavy atom. The highest BCUT2D eigenvalue weighted by molar-refractivity contribution is 7.98. The number of rotatable bonds is 9. The number of thiazole rings is 1. The average Bonchev–Trinajstić information content (AvgIpc) is 3.42. The van der Waals surface area contributed by atoms with Gasteiger partial charge in [-0.1, -0.05) is 47.7 Å². The van der Waals surface area contributed by atoms with Gasteiger partial charge in [0.05, 0.1) is 12.1 Å². The Bertz CT molecular complexity index is 1130. The van der Waals surface area contributed by atoms with E-state index >= 15 is 0 Å². The minimum absolute atomic E-state index is 0.0881. The van der Waals surface area contributed by atoms with Crippen molar-refractivity contribution in [3.63, 3.8) is 0 Å². The number of hydrogen-bond acceptors (Lipinski definition) is 8. The first-order valence-electron chi connectivity index (χ1n) is 9.57. The topological polar surface area (TPSA) is 90.1 Å². The number of nitrogens with one attached hydrogen (secondary N) is 1. The molecule has 0 atom stereocenters. The summed E-state index contributed by atoms with van der Waals surface area (Å²) in [5.41, 5.74) is 2.82. The molecule has 1 N–H and O–H groups in total. The van der Waals surface area contributed by atoms with E-state index in [4.69, 9.17) is 9.15 Å². The number of aromatic nitrogens is 3. The summed E-state index contributed by atoms with van der Waals surface area (Å²) in [5.74, 6) is 1.66. The summed E-state index contributed by atoms with van der Waals surface area (Å²) in [7, 11) is 0. The molecule has 7 nitrogen and oxygen atoms in total. The third-order valence-corrected chi connectivity index (χ3v) is 5.89. The molecule has 0 saturated heterocycles. The molecule has 0 aliphatic heterocycles. The van der Waals surface area contributed by atoms with E-state index < -0.39 is 0 Å². The fourth-order valence-electron chi connectivity index (χ4n) is 2.63. The molecule has 0 aliphatic rings. The molecule has 158 valence electrons. The van der Waals surface area contributed by atoms with Crippen LogP contribution < -0.4 is 10.1 Å². The molecular weight excluding hydrogens is 432 g/mol. The molecule has 0 radical (unpaired) electrons. The maximum Gasteiger partial charge on any atom is 0.277 e. The lowest BCUT2D eigenvalue weighted by molar-refractivity contribution is -0.115. The highest BCUT2D eigenvalue weighted by Gasteiger charge is 2.11. The van der Waals surface area contributed by atoms with E-state index in [-0.39, 0.29) is 18.9 Å². The van der Waals surface area contributed by atoms with Crippen molar-refractivity contribution in [1.29, 1.82) is 0 Å². The van der Waals surface area contributed by atoms with E-state index in [0.29, 0.717) is 16.9 Å². The van der Waals surface area contributed by atoms with Crippen molar-refractivity contribution in [2.75, 3.05) is 5.32 Å². The van der Waals surface area contributed by atoms with Gasteiger partial charge in [-0.3, -0.25) is 4.79 Å². The van der Waals surface area contributed by atoms with Crippen molar-refractivity contribution in [3.8, 4) is 5.75 Å². The molecule has 1 amide bonds. The van der Waals surface area contributed by atoms with E-state index in [0.717, 1.165) is 22.1 Å². The monoisotopic (exact) mass is 452 g/mol. The second-order valence-corrected chi connectivity index (χ2v) is 8.54. The number of anilines is 1. The van der Waals surface area contributed by atoms with E-state index in [1.54, 1.807) is 0 Å². The Kier molecular flexibility index (Phi) is 6.96. The average molecular weight is 453 g/mol. The van der Waals surface area contributed by atoms with Gasteiger partial charge in [0.15, 0.2) is 6.61 Å². The lowest BCUT2D eigenvalue weighted by Gasteiger charge is -2.03. The lowest BCUT2D eigenvalue weighted by Crippen LogP contribution is -2.14. The van der Waals surface area contributed by atoms with Crippen LogP contribution in [0.25, 0.3) is 0 Å². The fourth-order valence-corrected chi connectivity index (χ4v) is 4.20. The Balaban J connectivity index is 1.23. The molecule has 0 bridgehead atoms. The molecule has 2 heterocycles. The number of amides is 1. The lowest BCUT2D eigenvalue weighted by atomic mass is 10.2. The molecule has 0 aliphatic carbocycles. The summed E-state index contributed by atoms with van der Waals surface area (Å²) < 4.78 is 11.3. The van der Waals surface area contributed by atoms with Gasteiger partial charge in [0, 0.05) is 16.8 Å². The molecule has 4 rings (SSSR count). The number of thioether (sulfide) groups is 1. The standard InChI is InChI=1S/C22H20N4O3S2/c1-15-7-9-18(10-8-15)28-12-20-25-26-22(29-20)31-14-17-13-30-21(24-17)11-19(27)23-16-5-3-2-4-6-16/h2-10,13H,11-12,14H2,1H3,(H,23,27). The van der Waals surface area contributed by atoms with E-state index in [1.165, 1.54) is 28.7 Å². The molecular formula is C22H20N4O3S2. The van der Waals surface area contributed by atoms with Crippen molar-refractivity contribution in [2.45, 2.75) is 30.9 Å². The minimum Gasteiger partial charge on any atom is -0.484 e. The van der Waals surface area contributed by atoms with Crippen LogP contribution in [0.15, 0.2) is 69.6 Å². The van der Waals surface area contributed by atoms with Crippen LogP contribution in [0.2, 0.25) is 0 Å². The van der Waals surface area contributed by atoms with Crippen molar-refractivity contribution >= 4 is 34.7 Å². The number of hydrogen-bond donors (Lipinski definition) is 1. The normalized spacial score (nSPS) is 10.7. The van der Waals surface area contributed by atoms with Crippen LogP contribution in [0.5, 0.6) is 5.75 Å². The van der Waals surface area contributed by atoms with Gasteiger partial charge in [-0.05, 0) is 31.2 Å². The predicted molar refractivity (Wildman–Crippen MR) is 120 cm³/mol. The highest BCUT2D eigenvalue weighted by atomic mass is 32.2. The molecule has 4 aromatic rings. The fraction of sp³-hybridized carbons (Fsp3) is 0.182. The summed E-state index contributed by atoms with van der Waals surface area (Å²) in [6, 6.07) is 17.2. The summed E-state index contributed by atoms with van der Waals surface area (Å²) in [5, 5.41) is 14.1. The van der Waals surface area contributed by atoms with Crippen molar-refractivity contribution in [3.05, 3.63) is 82.1 Å². The molecule has 9 heteroatoms. The third-order valence-electron chi connectivity index (χ3n) is 4.14. The number of carbonyl (C=O) groups is 1. The van der Waals surface area contributed by atoms with Crippen LogP contribution in [0, 0.1) is 6.92 Å². The summed E-state index contributed by atoms with van der Waals surface area (Å²) >= 11 is 2.86. The number of carbonyl (C=O) groups excluding carboxylic acids is 1. The minimum atomic E-state index is -0.0881. The van der Waals surface area contributed by atoms with E-state index in [9.17, 15) is 4.79 Å². The number of nitrogens with zero attached hydrogens (tertiary/aromatic N) is 3. The largest absolute Gasteiger partial charge is 0.484 e. The van der Waals surface area contributed by atoms with Gasteiger partial charge in [0.1, 0.15) is 10.8 Å². The first kappa shape index (κ1) is 21.1. The summed E-state index contributed by atoms with van der Waals surface area (Å²) in [6.45, 7) is 2.24. The molecule has 0 saturated carbocycles. The molecule has 0 unspecified atom stereocenters. The Morgan fingerprint density at radius 3 is 2.74 bits per heavy atom. The van der Waals surface area contributed by atoms with Crippen LogP contribution in [0.3, 0.4) is 0 Å². The van der Waals surface area contributed by atoms with Crippen LogP contribution in [-0.4, -0.2) is 21.1 Å². The van der Waals surface area contributed by atoms with Crippen LogP contribution in [0.4, 0.5) is 5.69 Å². The Hall–Kier alpha value is -3.17. The van der Waals surface area contributed by atoms with Gasteiger partial charge in [0.2, 0.25) is 5.91 Å². The smallest absolute Gasteiger partial charge is 0.277 e. The van der Waals surface area contributed by atoms with Gasteiger partial charge in [-0.2, -0.15) is 0 Å². The maximum absolute atomic E-state index is 12.2. The predicted octanol–water partition coefficient (Wildman–Crippen LogP) is 4.89. The van der Waals surface area contributed by atoms with Gasteiger partial charge in [0.25, 0.3) is 11.1 Å². The van der Waals surface area contributed by atoms with Gasteiger partial charge < -0.3 is 14.5 Å². The van der Waals surface area contributed by atoms with Crippen LogP contribution in [0.1, 0.15) is 22.2 Å². The molecule has 2 aromatic heterocycles. The zero-order valence-corrected chi connectivity index (χ0v) is 18.4. The first-order valence-corrected chi connectivity index (χ1v) is 11.4. The van der Waals surface area contributed by atoms with Gasteiger partial charge >= 0.3 is 0 Å². The third kappa shape index (κ3) is 6.40. The van der Waals surface area contributed by atoms with Crippen LogP contribution in [-0.2, 0) is 23.6 Å². The first-order chi connectivity index (χ1) is 15.1. The highest BCUT2D eigenvalue weighted by Crippen LogP contribution is 2.23. The second kappa shape index (κ2) is 10.2. The zero-order chi connectivity index (χ0) is 21.5. The SMILES string of the molecule is Cc1ccc(OCc2nnc(SCc3csc(CC(=O)Nc4ccccc4)n3)o2)cc1. The van der Waals surface area contributed by atoms with E-state index in [2.05, 4.69) is 20.5 Å². The van der Waals surface area contributed by atoms with Crippen molar-refractivity contribution < 1.29 is 13.9 Å². The molecule has 0 fully saturated rings. The maximum atomic E-state index is 12.2. The van der Waals surface area contributed by atoms with Gasteiger partial charge in [-0.15, -0.1) is 21.5 Å². The number of benzene rings is 2. The summed E-state index contributed by atoms with van der Waals surface area (Å²) in [6.07, 6.45) is 0.241. The van der Waals surface area contributed by atoms with Crippen molar-refractivity contribution in [2.24, 2.45) is 0 Å². The summed E-state index contributed by atoms with van der Waals surface area (Å²) in [4.78, 5) is 16.7. The van der Waals surface area contributed by atoms with E-state index in [1.807, 2.05) is 66.9 Å². The molecule has 0 spiro atoms. The second-order valence-electron chi connectivity index (χ2n) is 6.68. The molecule has 31 heavy (non-hydrogen) atoms. The molecule has 2 aromatic carbocycles. The quantitative estimate of drug-likeness (QED) is 0.362. The zero-order valence-electron chi connectivity index (χ0n) is 16.8. The number of para-hydroxylation sites is 1. The van der Waals surface area contributed by atoms with Crippen molar-refractivity contribution in [1.82, 2.24) is 15.2 Å². The Morgan fingerprint density at radius 1 is 1.13 bits per heavy atom. The number of ether oxygens (including phenoxy) is 1. The van der Waals surface area contributed by atoms with Crippen LogP contribution >= 0.6 is 23.1 Å². The number of aryl methyl sites for hydroxylation is 1. The Labute approximate surface area is 187 Å². The van der Waals surface area contributed by atoms with Gasteiger partial charge in [-0.25, -0.2) is 4.98 Å².